The molecule has 0 aliphatic heterocycles. The molecular formula is C11H5Cl2F3N2. The third kappa shape index (κ3) is 2.57. The molecule has 0 spiro atoms. The fourth-order valence-electron chi connectivity index (χ4n) is 1.44. The number of benzene rings is 1. The maximum Gasteiger partial charge on any atom is 0.417 e. The number of hydrogen-bond acceptors (Lipinski definition) is 2. The molecule has 2 rings (SSSR count). The SMILES string of the molecule is FC(F)(F)c1ccccc1-c1cc(Cl)c(Cl)nn1. The van der Waals surface area contributed by atoms with E-state index in [2.05, 4.69) is 10.2 Å². The van der Waals surface area contributed by atoms with Gasteiger partial charge < -0.3 is 0 Å². The van der Waals surface area contributed by atoms with E-state index in [-0.39, 0.29) is 21.4 Å². The highest BCUT2D eigenvalue weighted by molar-refractivity contribution is 6.41. The van der Waals surface area contributed by atoms with Gasteiger partial charge >= 0.3 is 6.18 Å². The molecule has 0 bridgehead atoms. The Balaban J connectivity index is 2.61. The zero-order valence-corrected chi connectivity index (χ0v) is 10.2. The van der Waals surface area contributed by atoms with Gasteiger partial charge in [0.2, 0.25) is 0 Å². The van der Waals surface area contributed by atoms with Gasteiger partial charge in [-0.25, -0.2) is 0 Å². The van der Waals surface area contributed by atoms with Gasteiger partial charge in [-0.05, 0) is 12.1 Å². The topological polar surface area (TPSA) is 25.8 Å². The molecule has 0 saturated heterocycles. The summed E-state index contributed by atoms with van der Waals surface area (Å²) in [4.78, 5) is 0. The van der Waals surface area contributed by atoms with Gasteiger partial charge in [-0.15, -0.1) is 10.2 Å². The highest BCUT2D eigenvalue weighted by atomic mass is 35.5. The molecule has 0 aliphatic rings. The lowest BCUT2D eigenvalue weighted by Gasteiger charge is -2.11. The minimum Gasteiger partial charge on any atom is -0.166 e. The van der Waals surface area contributed by atoms with E-state index in [1.165, 1.54) is 24.3 Å². The minimum atomic E-state index is -4.47. The Labute approximate surface area is 110 Å². The van der Waals surface area contributed by atoms with Crippen molar-refractivity contribution >= 4 is 23.2 Å². The third-order valence-corrected chi connectivity index (χ3v) is 2.88. The van der Waals surface area contributed by atoms with Crippen molar-refractivity contribution in [1.82, 2.24) is 10.2 Å². The van der Waals surface area contributed by atoms with Gasteiger partial charge in [-0.3, -0.25) is 0 Å². The second-order valence-electron chi connectivity index (χ2n) is 3.41. The highest BCUT2D eigenvalue weighted by Gasteiger charge is 2.33. The van der Waals surface area contributed by atoms with Gasteiger partial charge in [0, 0.05) is 5.56 Å². The van der Waals surface area contributed by atoms with Gasteiger partial charge in [-0.1, -0.05) is 41.4 Å². The standard InChI is InChI=1S/C11H5Cl2F3N2/c12-8-5-9(17-18-10(8)13)6-3-1-2-4-7(6)11(14,15)16/h1-5H. The van der Waals surface area contributed by atoms with E-state index >= 15 is 0 Å². The highest BCUT2D eigenvalue weighted by Crippen LogP contribution is 2.36. The second-order valence-corrected chi connectivity index (χ2v) is 4.18. The lowest BCUT2D eigenvalue weighted by molar-refractivity contribution is -0.137. The molecule has 1 aromatic carbocycles. The molecule has 1 aromatic heterocycles. The van der Waals surface area contributed by atoms with Crippen LogP contribution in [-0.2, 0) is 6.18 Å². The average molecular weight is 293 g/mol. The van der Waals surface area contributed by atoms with Crippen LogP contribution in [0.3, 0.4) is 0 Å². The molecule has 18 heavy (non-hydrogen) atoms. The van der Waals surface area contributed by atoms with Crippen LogP contribution in [-0.4, -0.2) is 10.2 Å². The van der Waals surface area contributed by atoms with Crippen LogP contribution >= 0.6 is 23.2 Å². The Hall–Kier alpha value is -1.33. The molecule has 2 aromatic rings. The first-order valence-corrected chi connectivity index (χ1v) is 5.50. The maximum absolute atomic E-state index is 12.8. The first kappa shape index (κ1) is 13.1. The van der Waals surface area contributed by atoms with E-state index in [9.17, 15) is 13.2 Å². The number of aromatic nitrogens is 2. The first-order chi connectivity index (χ1) is 8.39. The summed E-state index contributed by atoms with van der Waals surface area (Å²) in [5.41, 5.74) is -0.855. The Morgan fingerprint density at radius 2 is 1.67 bits per heavy atom. The Bertz CT molecular complexity index is 585. The molecule has 1 heterocycles. The normalized spacial score (nSPS) is 11.6. The van der Waals surface area contributed by atoms with Crippen LogP contribution in [0.15, 0.2) is 30.3 Å². The van der Waals surface area contributed by atoms with Crippen molar-refractivity contribution < 1.29 is 13.2 Å². The Kier molecular flexibility index (Phi) is 3.45. The summed E-state index contributed by atoms with van der Waals surface area (Å²) in [6.45, 7) is 0. The minimum absolute atomic E-state index is 0.0253. The van der Waals surface area contributed by atoms with Crippen LogP contribution in [0, 0.1) is 0 Å². The van der Waals surface area contributed by atoms with E-state index in [1.54, 1.807) is 0 Å². The van der Waals surface area contributed by atoms with Crippen LogP contribution < -0.4 is 0 Å². The van der Waals surface area contributed by atoms with Crippen molar-refractivity contribution in [2.75, 3.05) is 0 Å². The van der Waals surface area contributed by atoms with E-state index in [4.69, 9.17) is 23.2 Å². The number of hydrogen-bond donors (Lipinski definition) is 0. The van der Waals surface area contributed by atoms with Gasteiger partial charge in [-0.2, -0.15) is 13.2 Å². The van der Waals surface area contributed by atoms with Gasteiger partial charge in [0.05, 0.1) is 16.3 Å². The van der Waals surface area contributed by atoms with Gasteiger partial charge in [0.1, 0.15) is 0 Å². The fraction of sp³-hybridized carbons (Fsp3) is 0.0909. The lowest BCUT2D eigenvalue weighted by atomic mass is 10.0. The van der Waals surface area contributed by atoms with E-state index < -0.39 is 11.7 Å². The van der Waals surface area contributed by atoms with Crippen LogP contribution in [0.5, 0.6) is 0 Å². The Morgan fingerprint density at radius 1 is 1.00 bits per heavy atom. The molecule has 0 saturated carbocycles. The Morgan fingerprint density at radius 3 is 2.28 bits per heavy atom. The molecule has 0 radical (unpaired) electrons. The zero-order valence-electron chi connectivity index (χ0n) is 8.67. The molecule has 0 unspecified atom stereocenters. The number of alkyl halides is 3. The average Bonchev–Trinajstić information content (AvgIpc) is 2.32. The van der Waals surface area contributed by atoms with Crippen molar-refractivity contribution in [2.45, 2.75) is 6.18 Å². The maximum atomic E-state index is 12.8. The quantitative estimate of drug-likeness (QED) is 0.775. The smallest absolute Gasteiger partial charge is 0.166 e. The summed E-state index contributed by atoms with van der Waals surface area (Å²) in [5.74, 6) is 0. The molecule has 0 amide bonds. The lowest BCUT2D eigenvalue weighted by Crippen LogP contribution is -2.07. The van der Waals surface area contributed by atoms with Crippen LogP contribution in [0.25, 0.3) is 11.3 Å². The summed E-state index contributed by atoms with van der Waals surface area (Å²) in [6.07, 6.45) is -4.47. The van der Waals surface area contributed by atoms with Crippen LogP contribution in [0.1, 0.15) is 5.56 Å². The predicted octanol–water partition coefficient (Wildman–Crippen LogP) is 4.47. The van der Waals surface area contributed by atoms with Crippen molar-refractivity contribution in [3.05, 3.63) is 46.1 Å². The molecule has 94 valence electrons. The van der Waals surface area contributed by atoms with Crippen LogP contribution in [0.4, 0.5) is 13.2 Å². The van der Waals surface area contributed by atoms with Crippen molar-refractivity contribution in [2.24, 2.45) is 0 Å². The molecule has 0 fully saturated rings. The zero-order chi connectivity index (χ0) is 13.3. The summed E-state index contributed by atoms with van der Waals surface area (Å²) in [6, 6.07) is 6.31. The fourth-order valence-corrected chi connectivity index (χ4v) is 1.67. The van der Waals surface area contributed by atoms with Crippen LogP contribution in [0.2, 0.25) is 10.2 Å². The van der Waals surface area contributed by atoms with E-state index in [0.29, 0.717) is 0 Å². The van der Waals surface area contributed by atoms with E-state index in [0.717, 1.165) is 6.07 Å². The summed E-state index contributed by atoms with van der Waals surface area (Å²) in [7, 11) is 0. The molecule has 0 aliphatic carbocycles. The number of halogens is 5. The first-order valence-electron chi connectivity index (χ1n) is 4.75. The summed E-state index contributed by atoms with van der Waals surface area (Å²) in [5, 5.41) is 7.11. The predicted molar refractivity (Wildman–Crippen MR) is 62.5 cm³/mol. The summed E-state index contributed by atoms with van der Waals surface area (Å²) >= 11 is 11.3. The molecule has 7 heteroatoms. The summed E-state index contributed by atoms with van der Waals surface area (Å²) < 4.78 is 38.4. The second kappa shape index (κ2) is 4.74. The molecule has 0 atom stereocenters. The number of nitrogens with zero attached hydrogens (tertiary/aromatic N) is 2. The monoisotopic (exact) mass is 292 g/mol. The van der Waals surface area contributed by atoms with Gasteiger partial charge in [0.15, 0.2) is 5.15 Å². The van der Waals surface area contributed by atoms with Crippen molar-refractivity contribution in [1.29, 1.82) is 0 Å². The molecular weight excluding hydrogens is 288 g/mol. The molecule has 0 N–H and O–H groups in total. The van der Waals surface area contributed by atoms with Crippen molar-refractivity contribution in [3.63, 3.8) is 0 Å². The molecule has 2 nitrogen and oxygen atoms in total. The largest absolute Gasteiger partial charge is 0.417 e. The third-order valence-electron chi connectivity index (χ3n) is 2.21. The van der Waals surface area contributed by atoms with Crippen molar-refractivity contribution in [3.8, 4) is 11.3 Å². The van der Waals surface area contributed by atoms with E-state index in [1.807, 2.05) is 0 Å². The number of rotatable bonds is 1. The van der Waals surface area contributed by atoms with Gasteiger partial charge in [0.25, 0.3) is 0 Å².